The molecule has 1 saturated carbocycles. The summed E-state index contributed by atoms with van der Waals surface area (Å²) in [5.74, 6) is 2.11. The third-order valence-corrected chi connectivity index (χ3v) is 4.41. The van der Waals surface area contributed by atoms with Crippen molar-refractivity contribution in [2.75, 3.05) is 0 Å². The fourth-order valence-electron chi connectivity index (χ4n) is 3.13. The van der Waals surface area contributed by atoms with Crippen LogP contribution in [0, 0.1) is 5.92 Å². The first-order chi connectivity index (χ1) is 10.3. The van der Waals surface area contributed by atoms with E-state index >= 15 is 0 Å². The minimum atomic E-state index is 0.162. The fourth-order valence-corrected chi connectivity index (χ4v) is 3.13. The molecule has 0 bridgehead atoms. The molecule has 1 aliphatic rings. The van der Waals surface area contributed by atoms with Crippen molar-refractivity contribution in [1.82, 2.24) is 10.1 Å². The molecule has 4 nitrogen and oxygen atoms in total. The zero-order chi connectivity index (χ0) is 14.5. The second-order valence-electron chi connectivity index (χ2n) is 6.00. The topological polar surface area (TPSA) is 64.9 Å². The number of nitrogens with two attached hydrogens (primary N) is 1. The molecule has 4 heteroatoms. The molecule has 0 spiro atoms. The highest BCUT2D eigenvalue weighted by atomic mass is 16.5. The molecule has 1 fully saturated rings. The van der Waals surface area contributed by atoms with E-state index < -0.39 is 0 Å². The van der Waals surface area contributed by atoms with E-state index in [0.29, 0.717) is 18.2 Å². The summed E-state index contributed by atoms with van der Waals surface area (Å²) >= 11 is 0. The van der Waals surface area contributed by atoms with Gasteiger partial charge in [-0.2, -0.15) is 4.98 Å². The first-order valence-electron chi connectivity index (χ1n) is 7.92. The zero-order valence-electron chi connectivity index (χ0n) is 12.4. The molecule has 1 unspecified atom stereocenters. The molecule has 1 aliphatic carbocycles. The Balaban J connectivity index is 1.51. The molecule has 0 amide bonds. The Hall–Kier alpha value is -1.68. The summed E-state index contributed by atoms with van der Waals surface area (Å²) in [6.07, 6.45) is 7.57. The SMILES string of the molecule is NC(Cc1nc(CCc2ccccc2)no1)C1CCCC1. The van der Waals surface area contributed by atoms with Crippen molar-refractivity contribution in [2.45, 2.75) is 51.0 Å². The Morgan fingerprint density at radius 1 is 1.14 bits per heavy atom. The molecule has 21 heavy (non-hydrogen) atoms. The third kappa shape index (κ3) is 3.91. The summed E-state index contributed by atoms with van der Waals surface area (Å²) < 4.78 is 5.34. The number of benzene rings is 1. The highest BCUT2D eigenvalue weighted by molar-refractivity contribution is 5.15. The van der Waals surface area contributed by atoms with Crippen LogP contribution in [0.4, 0.5) is 0 Å². The van der Waals surface area contributed by atoms with Crippen molar-refractivity contribution < 1.29 is 4.52 Å². The normalized spacial score (nSPS) is 17.2. The largest absolute Gasteiger partial charge is 0.339 e. The lowest BCUT2D eigenvalue weighted by Gasteiger charge is -2.16. The quantitative estimate of drug-likeness (QED) is 0.886. The first kappa shape index (κ1) is 14.3. The lowest BCUT2D eigenvalue weighted by molar-refractivity contribution is 0.338. The zero-order valence-corrected chi connectivity index (χ0v) is 12.4. The van der Waals surface area contributed by atoms with Crippen LogP contribution in [0.1, 0.15) is 43.0 Å². The molecule has 112 valence electrons. The fraction of sp³-hybridized carbons (Fsp3) is 0.529. The summed E-state index contributed by atoms with van der Waals surface area (Å²) in [6.45, 7) is 0. The molecule has 0 aliphatic heterocycles. The lowest BCUT2D eigenvalue weighted by atomic mass is 9.96. The van der Waals surface area contributed by atoms with Gasteiger partial charge in [0.15, 0.2) is 5.82 Å². The van der Waals surface area contributed by atoms with Gasteiger partial charge in [-0.25, -0.2) is 0 Å². The Morgan fingerprint density at radius 3 is 2.67 bits per heavy atom. The number of hydrogen-bond acceptors (Lipinski definition) is 4. The van der Waals surface area contributed by atoms with Crippen molar-refractivity contribution >= 4 is 0 Å². The Morgan fingerprint density at radius 2 is 1.90 bits per heavy atom. The minimum Gasteiger partial charge on any atom is -0.339 e. The van der Waals surface area contributed by atoms with Crippen LogP contribution < -0.4 is 5.73 Å². The van der Waals surface area contributed by atoms with E-state index in [-0.39, 0.29) is 6.04 Å². The van der Waals surface area contributed by atoms with Gasteiger partial charge in [-0.15, -0.1) is 0 Å². The average Bonchev–Trinajstić information content (AvgIpc) is 3.18. The average molecular weight is 285 g/mol. The summed E-state index contributed by atoms with van der Waals surface area (Å²) in [4.78, 5) is 4.48. The van der Waals surface area contributed by atoms with Gasteiger partial charge < -0.3 is 10.3 Å². The smallest absolute Gasteiger partial charge is 0.228 e. The van der Waals surface area contributed by atoms with Crippen LogP contribution in [0.25, 0.3) is 0 Å². The second kappa shape index (κ2) is 6.85. The Kier molecular flexibility index (Phi) is 4.65. The molecule has 0 radical (unpaired) electrons. The summed E-state index contributed by atoms with van der Waals surface area (Å²) in [7, 11) is 0. The molecule has 1 heterocycles. The number of hydrogen-bond donors (Lipinski definition) is 1. The van der Waals surface area contributed by atoms with Gasteiger partial charge in [0.1, 0.15) is 0 Å². The van der Waals surface area contributed by atoms with E-state index in [1.165, 1.54) is 31.2 Å². The second-order valence-corrected chi connectivity index (χ2v) is 6.00. The molecule has 2 N–H and O–H groups in total. The summed E-state index contributed by atoms with van der Waals surface area (Å²) in [6, 6.07) is 10.5. The van der Waals surface area contributed by atoms with Crippen LogP contribution in [0.3, 0.4) is 0 Å². The molecule has 1 aromatic carbocycles. The number of aromatic nitrogens is 2. The predicted molar refractivity (Wildman–Crippen MR) is 81.8 cm³/mol. The summed E-state index contributed by atoms with van der Waals surface area (Å²) in [5.41, 5.74) is 7.56. The van der Waals surface area contributed by atoms with E-state index in [2.05, 4.69) is 34.4 Å². The van der Waals surface area contributed by atoms with Crippen molar-refractivity contribution in [2.24, 2.45) is 11.7 Å². The van der Waals surface area contributed by atoms with Crippen molar-refractivity contribution in [3.05, 3.63) is 47.6 Å². The predicted octanol–water partition coefficient (Wildman–Crippen LogP) is 2.91. The van der Waals surface area contributed by atoms with Crippen LogP contribution in [0.15, 0.2) is 34.9 Å². The van der Waals surface area contributed by atoms with Gasteiger partial charge >= 0.3 is 0 Å². The molecule has 2 aromatic rings. The van der Waals surface area contributed by atoms with E-state index in [0.717, 1.165) is 18.7 Å². The van der Waals surface area contributed by atoms with Crippen molar-refractivity contribution in [3.8, 4) is 0 Å². The van der Waals surface area contributed by atoms with Gasteiger partial charge in [-0.1, -0.05) is 48.3 Å². The Labute approximate surface area is 125 Å². The number of rotatable bonds is 6. The van der Waals surface area contributed by atoms with Gasteiger partial charge in [0.05, 0.1) is 0 Å². The lowest BCUT2D eigenvalue weighted by Crippen LogP contribution is -2.30. The number of aryl methyl sites for hydroxylation is 2. The van der Waals surface area contributed by atoms with Gasteiger partial charge in [0, 0.05) is 18.9 Å². The maximum atomic E-state index is 6.26. The standard InChI is InChI=1S/C17H23N3O/c18-15(14-8-4-5-9-14)12-17-19-16(20-21-17)11-10-13-6-2-1-3-7-13/h1-3,6-7,14-15H,4-5,8-12,18H2. The van der Waals surface area contributed by atoms with Crippen LogP contribution in [-0.4, -0.2) is 16.2 Å². The van der Waals surface area contributed by atoms with Crippen molar-refractivity contribution in [1.29, 1.82) is 0 Å². The van der Waals surface area contributed by atoms with Gasteiger partial charge in [0.2, 0.25) is 5.89 Å². The van der Waals surface area contributed by atoms with E-state index in [9.17, 15) is 0 Å². The maximum Gasteiger partial charge on any atom is 0.228 e. The Bertz CT molecular complexity index is 546. The van der Waals surface area contributed by atoms with E-state index in [4.69, 9.17) is 10.3 Å². The van der Waals surface area contributed by atoms with Gasteiger partial charge in [0.25, 0.3) is 0 Å². The number of nitrogens with zero attached hydrogens (tertiary/aromatic N) is 2. The van der Waals surface area contributed by atoms with E-state index in [1.807, 2.05) is 6.07 Å². The third-order valence-electron chi connectivity index (χ3n) is 4.41. The van der Waals surface area contributed by atoms with Crippen LogP contribution in [-0.2, 0) is 19.3 Å². The highest BCUT2D eigenvalue weighted by Crippen LogP contribution is 2.28. The monoisotopic (exact) mass is 285 g/mol. The molecular formula is C17H23N3O. The van der Waals surface area contributed by atoms with Gasteiger partial charge in [-0.05, 0) is 30.7 Å². The van der Waals surface area contributed by atoms with E-state index in [1.54, 1.807) is 0 Å². The molecule has 1 atom stereocenters. The van der Waals surface area contributed by atoms with Crippen LogP contribution in [0.5, 0.6) is 0 Å². The molecule has 1 aromatic heterocycles. The molecule has 0 saturated heterocycles. The minimum absolute atomic E-state index is 0.162. The van der Waals surface area contributed by atoms with Gasteiger partial charge in [-0.3, -0.25) is 0 Å². The first-order valence-corrected chi connectivity index (χ1v) is 7.92. The molecule has 3 rings (SSSR count). The van der Waals surface area contributed by atoms with Crippen LogP contribution >= 0.6 is 0 Å². The van der Waals surface area contributed by atoms with Crippen LogP contribution in [0.2, 0.25) is 0 Å². The summed E-state index contributed by atoms with van der Waals surface area (Å²) in [5, 5.41) is 4.07. The molecular weight excluding hydrogens is 262 g/mol. The van der Waals surface area contributed by atoms with Crippen molar-refractivity contribution in [3.63, 3.8) is 0 Å². The highest BCUT2D eigenvalue weighted by Gasteiger charge is 2.23. The maximum absolute atomic E-state index is 6.26.